The molecule has 1 saturated heterocycles. The Balaban J connectivity index is 1.81. The van der Waals surface area contributed by atoms with E-state index in [4.69, 9.17) is 9.47 Å². The van der Waals surface area contributed by atoms with Gasteiger partial charge in [-0.05, 0) is 49.5 Å². The first-order valence-corrected chi connectivity index (χ1v) is 12.8. The number of fused-ring (bicyclic) bond motifs is 2. The van der Waals surface area contributed by atoms with Crippen molar-refractivity contribution in [3.05, 3.63) is 22.8 Å². The van der Waals surface area contributed by atoms with E-state index in [9.17, 15) is 35.7 Å². The summed E-state index contributed by atoms with van der Waals surface area (Å²) in [5.74, 6) is -0.228. The number of aliphatic hydroxyl groups excluding tert-OH is 7. The smallest absolute Gasteiger partial charge is 0.187 e. The fourth-order valence-corrected chi connectivity index (χ4v) is 6.77. The average Bonchev–Trinajstić information content (AvgIpc) is 3.33. The third-order valence-electron chi connectivity index (χ3n) is 9.04. The van der Waals surface area contributed by atoms with Crippen molar-refractivity contribution in [2.45, 2.75) is 96.0 Å². The van der Waals surface area contributed by atoms with Gasteiger partial charge in [0.1, 0.15) is 30.5 Å². The summed E-state index contributed by atoms with van der Waals surface area (Å²) in [4.78, 5) is 0. The predicted octanol–water partition coefficient (Wildman–Crippen LogP) is -0.149. The molecule has 2 fully saturated rings. The normalized spacial score (nSPS) is 49.9. The zero-order valence-corrected chi connectivity index (χ0v) is 21.0. The highest BCUT2D eigenvalue weighted by Crippen LogP contribution is 2.55. The van der Waals surface area contributed by atoms with Gasteiger partial charge >= 0.3 is 0 Å². The van der Waals surface area contributed by atoms with E-state index in [0.717, 1.165) is 29.6 Å². The third-order valence-corrected chi connectivity index (χ3v) is 9.04. The molecule has 12 atom stereocenters. The molecule has 0 spiro atoms. The molecule has 0 amide bonds. The summed E-state index contributed by atoms with van der Waals surface area (Å²) in [6.07, 6.45) is -5.93. The van der Waals surface area contributed by atoms with Crippen LogP contribution in [0.1, 0.15) is 47.0 Å². The number of rotatable bonds is 5. The van der Waals surface area contributed by atoms with Crippen LogP contribution in [0.2, 0.25) is 0 Å². The van der Waals surface area contributed by atoms with Crippen LogP contribution < -0.4 is 0 Å². The fourth-order valence-electron chi connectivity index (χ4n) is 6.77. The Morgan fingerprint density at radius 2 is 1.69 bits per heavy atom. The van der Waals surface area contributed by atoms with Crippen LogP contribution >= 0.6 is 0 Å². The van der Waals surface area contributed by atoms with E-state index >= 15 is 0 Å². The van der Waals surface area contributed by atoms with Gasteiger partial charge in [-0.3, -0.25) is 0 Å². The van der Waals surface area contributed by atoms with Gasteiger partial charge in [0, 0.05) is 17.9 Å². The van der Waals surface area contributed by atoms with E-state index in [1.165, 1.54) is 0 Å². The Morgan fingerprint density at radius 1 is 1.00 bits per heavy atom. The second-order valence-electron chi connectivity index (χ2n) is 11.4. The maximum absolute atomic E-state index is 11.7. The lowest BCUT2D eigenvalue weighted by atomic mass is 9.68. The summed E-state index contributed by atoms with van der Waals surface area (Å²) in [7, 11) is 0. The minimum atomic E-state index is -1.60. The Bertz CT molecular complexity index is 839. The largest absolute Gasteiger partial charge is 0.396 e. The van der Waals surface area contributed by atoms with Crippen molar-refractivity contribution in [3.8, 4) is 0 Å². The van der Waals surface area contributed by atoms with E-state index in [1.54, 1.807) is 0 Å². The summed E-state index contributed by atoms with van der Waals surface area (Å²) in [6.45, 7) is 7.33. The van der Waals surface area contributed by atoms with Crippen LogP contribution in [0.15, 0.2) is 22.8 Å². The molecule has 0 unspecified atom stereocenters. The molecule has 0 aromatic carbocycles. The first-order valence-electron chi connectivity index (χ1n) is 12.8. The van der Waals surface area contributed by atoms with Crippen molar-refractivity contribution in [1.29, 1.82) is 0 Å². The number of hydrogen-bond acceptors (Lipinski definition) is 9. The SMILES string of the molecule is CC(C)C1=C2[C@@H](O[C@H]3O[C@H](CO)[C@@H](O)[C@H](O)[C@H]3O)[C@H](O)[C@H](C)[C@@H]3CC[C@@H](CO)/C3=C/[C@@]2(C)[C@@H](O)C1. The second-order valence-corrected chi connectivity index (χ2v) is 11.4. The molecule has 1 heterocycles. The first kappa shape index (κ1) is 27.2. The Labute approximate surface area is 206 Å². The highest BCUT2D eigenvalue weighted by Gasteiger charge is 2.55. The zero-order chi connectivity index (χ0) is 25.8. The van der Waals surface area contributed by atoms with E-state index in [1.807, 2.05) is 27.7 Å². The minimum absolute atomic E-state index is 0.00303. The molecule has 1 aliphatic heterocycles. The van der Waals surface area contributed by atoms with Crippen LogP contribution in [0.5, 0.6) is 0 Å². The van der Waals surface area contributed by atoms with E-state index in [0.29, 0.717) is 6.42 Å². The maximum atomic E-state index is 11.7. The van der Waals surface area contributed by atoms with Gasteiger partial charge in [0.25, 0.3) is 0 Å². The molecule has 1 saturated carbocycles. The molecule has 0 bridgehead atoms. The van der Waals surface area contributed by atoms with Crippen LogP contribution in [-0.2, 0) is 9.47 Å². The van der Waals surface area contributed by atoms with Crippen LogP contribution in [0.4, 0.5) is 0 Å². The lowest BCUT2D eigenvalue weighted by Crippen LogP contribution is -2.60. The quantitative estimate of drug-likeness (QED) is 0.256. The highest BCUT2D eigenvalue weighted by molar-refractivity contribution is 5.43. The lowest BCUT2D eigenvalue weighted by molar-refractivity contribution is -0.315. The zero-order valence-electron chi connectivity index (χ0n) is 21.0. The molecule has 0 radical (unpaired) electrons. The molecule has 3 aliphatic carbocycles. The molecule has 4 aliphatic rings. The van der Waals surface area contributed by atoms with Crippen LogP contribution in [-0.4, -0.2) is 98.0 Å². The molecular formula is C26H42O9. The van der Waals surface area contributed by atoms with Crippen molar-refractivity contribution < 1.29 is 45.2 Å². The van der Waals surface area contributed by atoms with Crippen LogP contribution in [0, 0.1) is 29.1 Å². The van der Waals surface area contributed by atoms with Crippen LogP contribution in [0.3, 0.4) is 0 Å². The molecule has 0 aromatic heterocycles. The summed E-state index contributed by atoms with van der Waals surface area (Å²) >= 11 is 0. The Kier molecular flexibility index (Phi) is 7.85. The van der Waals surface area contributed by atoms with Crippen molar-refractivity contribution >= 4 is 0 Å². The minimum Gasteiger partial charge on any atom is -0.396 e. The first-order chi connectivity index (χ1) is 16.5. The lowest BCUT2D eigenvalue weighted by Gasteiger charge is -2.46. The van der Waals surface area contributed by atoms with Gasteiger partial charge in [-0.2, -0.15) is 0 Å². The number of ether oxygens (including phenoxy) is 2. The van der Waals surface area contributed by atoms with Crippen molar-refractivity contribution in [2.24, 2.45) is 29.1 Å². The van der Waals surface area contributed by atoms with Crippen molar-refractivity contribution in [3.63, 3.8) is 0 Å². The van der Waals surface area contributed by atoms with Gasteiger partial charge in [-0.15, -0.1) is 0 Å². The second kappa shape index (κ2) is 10.1. The predicted molar refractivity (Wildman–Crippen MR) is 126 cm³/mol. The summed E-state index contributed by atoms with van der Waals surface area (Å²) in [5.41, 5.74) is 1.88. The molecule has 200 valence electrons. The van der Waals surface area contributed by atoms with Gasteiger partial charge in [0.05, 0.1) is 18.8 Å². The molecular weight excluding hydrogens is 456 g/mol. The summed E-state index contributed by atoms with van der Waals surface area (Å²) in [5, 5.41) is 73.8. The highest BCUT2D eigenvalue weighted by atomic mass is 16.7. The molecule has 9 nitrogen and oxygen atoms in total. The molecule has 7 N–H and O–H groups in total. The summed E-state index contributed by atoms with van der Waals surface area (Å²) < 4.78 is 11.9. The standard InChI is InChI=1S/C26H42O9/c1-11(2)15-7-18(29)26(4)8-16-13(9-27)5-6-14(16)12(3)20(30)24(19(15)26)35-25-23(33)22(32)21(31)17(10-28)34-25/h8,11-14,17-18,20-25,27-33H,5-7,9-10H2,1-4H3/b16-8-/t12-,13+,14+,17-,18+,20-,21-,22+,23-,24-,25-,26+/m1/s1. The monoisotopic (exact) mass is 498 g/mol. The van der Waals surface area contributed by atoms with Crippen molar-refractivity contribution in [1.82, 2.24) is 0 Å². The van der Waals surface area contributed by atoms with E-state index < -0.39 is 61.0 Å². The fraction of sp³-hybridized carbons (Fsp3) is 0.846. The number of hydrogen-bond donors (Lipinski definition) is 7. The van der Waals surface area contributed by atoms with Gasteiger partial charge in [0.15, 0.2) is 6.29 Å². The third kappa shape index (κ3) is 4.43. The van der Waals surface area contributed by atoms with Gasteiger partial charge < -0.3 is 45.2 Å². The molecule has 4 rings (SSSR count). The molecule has 9 heteroatoms. The topological polar surface area (TPSA) is 160 Å². The van der Waals surface area contributed by atoms with E-state index in [2.05, 4.69) is 6.08 Å². The van der Waals surface area contributed by atoms with Gasteiger partial charge in [0.2, 0.25) is 0 Å². The summed E-state index contributed by atoms with van der Waals surface area (Å²) in [6, 6.07) is 0. The van der Waals surface area contributed by atoms with E-state index in [-0.39, 0.29) is 30.3 Å². The van der Waals surface area contributed by atoms with Crippen LogP contribution in [0.25, 0.3) is 0 Å². The molecule has 35 heavy (non-hydrogen) atoms. The Morgan fingerprint density at radius 3 is 2.29 bits per heavy atom. The Hall–Kier alpha value is -0.880. The number of aliphatic hydroxyl groups is 7. The molecule has 0 aromatic rings. The van der Waals surface area contributed by atoms with Crippen molar-refractivity contribution in [2.75, 3.05) is 13.2 Å². The average molecular weight is 499 g/mol. The van der Waals surface area contributed by atoms with Gasteiger partial charge in [-0.1, -0.05) is 38.0 Å². The maximum Gasteiger partial charge on any atom is 0.187 e. The van der Waals surface area contributed by atoms with Gasteiger partial charge in [-0.25, -0.2) is 0 Å².